The Bertz CT molecular complexity index is 954. The highest BCUT2D eigenvalue weighted by atomic mass is 79.9. The highest BCUT2D eigenvalue weighted by molar-refractivity contribution is 9.10. The Labute approximate surface area is 154 Å². The van der Waals surface area contributed by atoms with Crippen LogP contribution in [0.2, 0.25) is 0 Å². The van der Waals surface area contributed by atoms with Crippen LogP contribution in [0.25, 0.3) is 11.3 Å². The number of anilines is 2. The number of carbonyl (C=O) groups excluding carboxylic acids is 2. The second-order valence-electron chi connectivity index (χ2n) is 4.97. The van der Waals surface area contributed by atoms with Crippen LogP contribution >= 0.6 is 27.3 Å². The molecule has 1 aromatic carbocycles. The molecule has 0 radical (unpaired) electrons. The van der Waals surface area contributed by atoms with E-state index in [1.165, 1.54) is 25.1 Å². The van der Waals surface area contributed by atoms with Crippen LogP contribution < -0.4 is 10.6 Å². The first-order chi connectivity index (χ1) is 11.9. The van der Waals surface area contributed by atoms with Gasteiger partial charge in [0.1, 0.15) is 5.82 Å². The number of thiazole rings is 1. The highest BCUT2D eigenvalue weighted by Crippen LogP contribution is 2.29. The molecule has 2 N–H and O–H groups in total. The Kier molecular flexibility index (Phi) is 4.95. The average Bonchev–Trinajstić information content (AvgIpc) is 3.16. The molecule has 0 fully saturated rings. The Morgan fingerprint density at radius 1 is 1.24 bits per heavy atom. The monoisotopic (exact) mass is 423 g/mol. The van der Waals surface area contributed by atoms with Crippen LogP contribution in [-0.4, -0.2) is 16.8 Å². The van der Waals surface area contributed by atoms with E-state index >= 15 is 0 Å². The molecule has 0 spiro atoms. The molecule has 0 saturated carbocycles. The van der Waals surface area contributed by atoms with Gasteiger partial charge in [-0.3, -0.25) is 14.9 Å². The van der Waals surface area contributed by atoms with Crippen molar-refractivity contribution in [3.8, 4) is 11.3 Å². The molecular weight excluding hydrogens is 413 g/mol. The molecule has 3 aromatic rings. The number of benzene rings is 1. The number of hydrogen-bond donors (Lipinski definition) is 2. The number of hydrogen-bond acceptors (Lipinski definition) is 5. The van der Waals surface area contributed by atoms with E-state index in [1.807, 2.05) is 0 Å². The number of amides is 2. The third-order valence-electron chi connectivity index (χ3n) is 3.09. The second-order valence-corrected chi connectivity index (χ2v) is 6.61. The zero-order valence-corrected chi connectivity index (χ0v) is 15.2. The van der Waals surface area contributed by atoms with E-state index in [0.717, 1.165) is 11.3 Å². The minimum atomic E-state index is -0.524. The Morgan fingerprint density at radius 2 is 2.04 bits per heavy atom. The van der Waals surface area contributed by atoms with E-state index in [1.54, 1.807) is 17.5 Å². The van der Waals surface area contributed by atoms with Gasteiger partial charge in [0.25, 0.3) is 5.91 Å². The van der Waals surface area contributed by atoms with Crippen molar-refractivity contribution in [2.75, 3.05) is 10.6 Å². The van der Waals surface area contributed by atoms with Crippen LogP contribution in [0.4, 0.5) is 15.2 Å². The number of carbonyl (C=O) groups is 2. The van der Waals surface area contributed by atoms with Crippen molar-refractivity contribution in [2.24, 2.45) is 0 Å². The fraction of sp³-hybridized carbons (Fsp3) is 0.0625. The van der Waals surface area contributed by atoms with Gasteiger partial charge < -0.3 is 9.73 Å². The molecule has 25 heavy (non-hydrogen) atoms. The van der Waals surface area contributed by atoms with E-state index in [-0.39, 0.29) is 17.2 Å². The summed E-state index contributed by atoms with van der Waals surface area (Å²) in [6.45, 7) is 1.35. The lowest BCUT2D eigenvalue weighted by atomic mass is 10.1. The normalized spacial score (nSPS) is 10.5. The lowest BCUT2D eigenvalue weighted by molar-refractivity contribution is -0.114. The highest BCUT2D eigenvalue weighted by Gasteiger charge is 2.15. The maximum Gasteiger partial charge on any atom is 0.293 e. The van der Waals surface area contributed by atoms with Crippen LogP contribution in [-0.2, 0) is 4.79 Å². The summed E-state index contributed by atoms with van der Waals surface area (Å²) in [4.78, 5) is 27.2. The molecule has 0 aliphatic heterocycles. The van der Waals surface area contributed by atoms with Gasteiger partial charge >= 0.3 is 0 Å². The molecule has 2 heterocycles. The SMILES string of the molecule is CC(=O)Nc1ccc(-c2csc(NC(=O)c3ccc(Br)o3)n2)c(F)c1. The largest absolute Gasteiger partial charge is 0.444 e. The van der Waals surface area contributed by atoms with Crippen LogP contribution in [0.3, 0.4) is 0 Å². The first-order valence-corrected chi connectivity index (χ1v) is 8.69. The fourth-order valence-corrected chi connectivity index (χ4v) is 3.07. The van der Waals surface area contributed by atoms with Crippen LogP contribution in [0, 0.1) is 5.82 Å². The topological polar surface area (TPSA) is 84.2 Å². The van der Waals surface area contributed by atoms with Gasteiger partial charge in [-0.15, -0.1) is 11.3 Å². The van der Waals surface area contributed by atoms with Crippen molar-refractivity contribution in [1.29, 1.82) is 0 Å². The first-order valence-electron chi connectivity index (χ1n) is 7.02. The molecule has 0 atom stereocenters. The third-order valence-corrected chi connectivity index (χ3v) is 4.27. The van der Waals surface area contributed by atoms with Gasteiger partial charge in [-0.1, -0.05) is 0 Å². The predicted molar refractivity (Wildman–Crippen MR) is 96.2 cm³/mol. The number of furan rings is 1. The molecular formula is C16H11BrFN3O3S. The summed E-state index contributed by atoms with van der Waals surface area (Å²) >= 11 is 4.29. The quantitative estimate of drug-likeness (QED) is 0.645. The van der Waals surface area contributed by atoms with Gasteiger partial charge in [0, 0.05) is 23.6 Å². The van der Waals surface area contributed by atoms with Gasteiger partial charge in [-0.05, 0) is 46.3 Å². The molecule has 0 aliphatic rings. The summed E-state index contributed by atoms with van der Waals surface area (Å²) in [6.07, 6.45) is 0. The molecule has 0 unspecified atom stereocenters. The van der Waals surface area contributed by atoms with Gasteiger partial charge in [-0.2, -0.15) is 0 Å². The zero-order chi connectivity index (χ0) is 18.0. The summed E-state index contributed by atoms with van der Waals surface area (Å²) in [5.41, 5.74) is 1.01. The van der Waals surface area contributed by atoms with E-state index in [9.17, 15) is 14.0 Å². The van der Waals surface area contributed by atoms with Crippen molar-refractivity contribution in [3.05, 3.63) is 52.0 Å². The number of rotatable bonds is 4. The number of nitrogens with one attached hydrogen (secondary N) is 2. The first kappa shape index (κ1) is 17.3. The molecule has 0 aliphatic carbocycles. The van der Waals surface area contributed by atoms with E-state index < -0.39 is 11.7 Å². The average molecular weight is 424 g/mol. The van der Waals surface area contributed by atoms with Crippen molar-refractivity contribution in [1.82, 2.24) is 4.98 Å². The second kappa shape index (κ2) is 7.16. The predicted octanol–water partition coefficient (Wildman–Crippen LogP) is 4.52. The minimum Gasteiger partial charge on any atom is -0.444 e. The van der Waals surface area contributed by atoms with Gasteiger partial charge in [0.2, 0.25) is 5.91 Å². The molecule has 9 heteroatoms. The molecule has 0 bridgehead atoms. The van der Waals surface area contributed by atoms with Gasteiger partial charge in [0.05, 0.1) is 5.69 Å². The summed E-state index contributed by atoms with van der Waals surface area (Å²) in [6, 6.07) is 7.44. The number of nitrogens with zero attached hydrogens (tertiary/aromatic N) is 1. The van der Waals surface area contributed by atoms with Crippen molar-refractivity contribution >= 4 is 49.9 Å². The summed E-state index contributed by atoms with van der Waals surface area (Å²) in [7, 11) is 0. The summed E-state index contributed by atoms with van der Waals surface area (Å²) in [5.74, 6) is -1.12. The summed E-state index contributed by atoms with van der Waals surface area (Å²) in [5, 5.41) is 7.05. The molecule has 128 valence electrons. The summed E-state index contributed by atoms with van der Waals surface area (Å²) < 4.78 is 19.8. The maximum atomic E-state index is 14.2. The van der Waals surface area contributed by atoms with Crippen LogP contribution in [0.5, 0.6) is 0 Å². The van der Waals surface area contributed by atoms with E-state index in [0.29, 0.717) is 21.2 Å². The molecule has 2 aromatic heterocycles. The van der Waals surface area contributed by atoms with Crippen molar-refractivity contribution < 1.29 is 18.4 Å². The Balaban J connectivity index is 1.77. The Morgan fingerprint density at radius 3 is 2.68 bits per heavy atom. The van der Waals surface area contributed by atoms with Crippen molar-refractivity contribution in [3.63, 3.8) is 0 Å². The number of halogens is 2. The minimum absolute atomic E-state index is 0.134. The molecule has 2 amide bonds. The maximum absolute atomic E-state index is 14.2. The lowest BCUT2D eigenvalue weighted by Crippen LogP contribution is -2.10. The van der Waals surface area contributed by atoms with E-state index in [2.05, 4.69) is 31.5 Å². The number of aromatic nitrogens is 1. The Hall–Kier alpha value is -2.52. The third kappa shape index (κ3) is 4.12. The van der Waals surface area contributed by atoms with Gasteiger partial charge in [0.15, 0.2) is 15.6 Å². The van der Waals surface area contributed by atoms with Gasteiger partial charge in [-0.25, -0.2) is 9.37 Å². The zero-order valence-electron chi connectivity index (χ0n) is 12.8. The molecule has 6 nitrogen and oxygen atoms in total. The molecule has 0 saturated heterocycles. The lowest BCUT2D eigenvalue weighted by Gasteiger charge is -2.04. The van der Waals surface area contributed by atoms with Crippen LogP contribution in [0.1, 0.15) is 17.5 Å². The van der Waals surface area contributed by atoms with Crippen molar-refractivity contribution in [2.45, 2.75) is 6.92 Å². The standard InChI is InChI=1S/C16H11BrFN3O3S/c1-8(22)19-9-2-3-10(11(18)6-9)12-7-25-16(20-12)21-15(23)13-4-5-14(17)24-13/h2-7H,1H3,(H,19,22)(H,20,21,23). The van der Waals surface area contributed by atoms with Crippen LogP contribution in [0.15, 0.2) is 44.8 Å². The fourth-order valence-electron chi connectivity index (χ4n) is 2.05. The smallest absolute Gasteiger partial charge is 0.293 e. The van der Waals surface area contributed by atoms with E-state index in [4.69, 9.17) is 4.42 Å². The molecule has 3 rings (SSSR count).